The van der Waals surface area contributed by atoms with E-state index in [0.717, 1.165) is 10.7 Å². The number of alkyl halides is 3. The summed E-state index contributed by atoms with van der Waals surface area (Å²) in [4.78, 5) is 13.3. The normalized spacial score (nSPS) is 13.4. The highest BCUT2D eigenvalue weighted by Gasteiger charge is 2.26. The maximum atomic E-state index is 12.3. The van der Waals surface area contributed by atoms with Crippen molar-refractivity contribution >= 4 is 22.2 Å². The molecule has 0 saturated carbocycles. The molecule has 1 atom stereocenters. The van der Waals surface area contributed by atoms with Gasteiger partial charge in [-0.2, -0.15) is 18.3 Å². The van der Waals surface area contributed by atoms with Gasteiger partial charge in [0.1, 0.15) is 5.51 Å². The second-order valence-corrected chi connectivity index (χ2v) is 5.80. The molecule has 3 heterocycles. The lowest BCUT2D eigenvalue weighted by Crippen LogP contribution is -2.12. The third-order valence-electron chi connectivity index (χ3n) is 3.17. The maximum Gasteiger partial charge on any atom is 0.389 e. The number of hydrogen-bond acceptors (Lipinski definition) is 6. The average Bonchev–Trinajstić information content (AvgIpc) is 3.06. The molecular formula is C13H13F3N6S. The zero-order valence-electron chi connectivity index (χ0n) is 12.1. The molecule has 0 aliphatic heterocycles. The summed E-state index contributed by atoms with van der Waals surface area (Å²) in [6, 6.07) is 1.29. The van der Waals surface area contributed by atoms with Crippen LogP contribution in [0.3, 0.4) is 0 Å². The Balaban J connectivity index is 1.68. The van der Waals surface area contributed by atoms with Crippen LogP contribution in [0.2, 0.25) is 0 Å². The maximum absolute atomic E-state index is 12.3. The summed E-state index contributed by atoms with van der Waals surface area (Å²) in [5.41, 5.74) is 2.80. The van der Waals surface area contributed by atoms with E-state index in [0.29, 0.717) is 5.69 Å². The summed E-state index contributed by atoms with van der Waals surface area (Å²) in [6.45, 7) is 1.87. The van der Waals surface area contributed by atoms with Crippen LogP contribution in [0.15, 0.2) is 24.0 Å². The Kier molecular flexibility index (Phi) is 4.16. The van der Waals surface area contributed by atoms with Gasteiger partial charge >= 0.3 is 6.18 Å². The third-order valence-corrected chi connectivity index (χ3v) is 3.86. The van der Waals surface area contributed by atoms with Crippen LogP contribution in [-0.2, 0) is 6.42 Å². The Morgan fingerprint density at radius 2 is 2.17 bits per heavy atom. The van der Waals surface area contributed by atoms with Crippen molar-refractivity contribution in [2.75, 3.05) is 5.32 Å². The van der Waals surface area contributed by atoms with Gasteiger partial charge in [0.05, 0.1) is 17.9 Å². The summed E-state index contributed by atoms with van der Waals surface area (Å²) < 4.78 is 38.5. The summed E-state index contributed by atoms with van der Waals surface area (Å²) in [5, 5.41) is 7.14. The number of imidazole rings is 1. The van der Waals surface area contributed by atoms with Crippen LogP contribution in [0.25, 0.3) is 4.96 Å². The lowest BCUT2D eigenvalue weighted by Gasteiger charge is -2.12. The van der Waals surface area contributed by atoms with Gasteiger partial charge in [-0.25, -0.2) is 19.5 Å². The van der Waals surface area contributed by atoms with Crippen LogP contribution < -0.4 is 5.32 Å². The Bertz CT molecular complexity index is 768. The van der Waals surface area contributed by atoms with Crippen LogP contribution in [-0.4, -0.2) is 30.7 Å². The first kappa shape index (κ1) is 15.7. The molecule has 3 rings (SSSR count). The van der Waals surface area contributed by atoms with Crippen molar-refractivity contribution in [1.82, 2.24) is 24.6 Å². The molecule has 0 radical (unpaired) electrons. The van der Waals surface area contributed by atoms with E-state index in [-0.39, 0.29) is 18.4 Å². The van der Waals surface area contributed by atoms with E-state index in [2.05, 4.69) is 25.4 Å². The number of nitrogens with one attached hydrogen (secondary N) is 1. The van der Waals surface area contributed by atoms with E-state index < -0.39 is 12.6 Å². The topological polar surface area (TPSA) is 68.0 Å². The fraction of sp³-hybridized carbons (Fsp3) is 0.385. The van der Waals surface area contributed by atoms with Gasteiger partial charge in [-0.05, 0) is 19.4 Å². The molecule has 1 unspecified atom stereocenters. The predicted molar refractivity (Wildman–Crippen MR) is 79.3 cm³/mol. The predicted octanol–water partition coefficient (Wildman–Crippen LogP) is 3.25. The van der Waals surface area contributed by atoms with Gasteiger partial charge < -0.3 is 5.32 Å². The van der Waals surface area contributed by atoms with Gasteiger partial charge in [-0.15, -0.1) is 0 Å². The number of anilines is 1. The van der Waals surface area contributed by atoms with Gasteiger partial charge in [0.15, 0.2) is 0 Å². The van der Waals surface area contributed by atoms with Gasteiger partial charge in [0.2, 0.25) is 10.9 Å². The minimum Gasteiger partial charge on any atom is -0.346 e. The first-order valence-corrected chi connectivity index (χ1v) is 7.73. The molecule has 0 amide bonds. The number of halogens is 3. The number of hydrogen-bond donors (Lipinski definition) is 1. The highest BCUT2D eigenvalue weighted by Crippen LogP contribution is 2.22. The average molecular weight is 342 g/mol. The first-order chi connectivity index (χ1) is 10.9. The van der Waals surface area contributed by atoms with Gasteiger partial charge in [-0.3, -0.25) is 0 Å². The Hall–Kier alpha value is -2.23. The Labute approximate surface area is 133 Å². The zero-order chi connectivity index (χ0) is 16.4. The van der Waals surface area contributed by atoms with Crippen molar-refractivity contribution in [2.45, 2.75) is 32.0 Å². The number of nitrogens with zero attached hydrogens (tertiary/aromatic N) is 5. The second kappa shape index (κ2) is 6.11. The quantitative estimate of drug-likeness (QED) is 0.771. The van der Waals surface area contributed by atoms with Crippen LogP contribution >= 0.6 is 11.3 Å². The molecule has 0 saturated heterocycles. The van der Waals surface area contributed by atoms with Gasteiger partial charge in [0.25, 0.3) is 0 Å². The van der Waals surface area contributed by atoms with Crippen LogP contribution in [0.4, 0.5) is 19.1 Å². The minimum atomic E-state index is -4.19. The molecule has 0 bridgehead atoms. The lowest BCUT2D eigenvalue weighted by atomic mass is 10.2. The molecule has 0 fully saturated rings. The van der Waals surface area contributed by atoms with Crippen molar-refractivity contribution < 1.29 is 13.2 Å². The summed E-state index contributed by atoms with van der Waals surface area (Å²) >= 11 is 1.42. The highest BCUT2D eigenvalue weighted by atomic mass is 32.1. The molecule has 3 aromatic rings. The van der Waals surface area contributed by atoms with Crippen LogP contribution in [0, 0.1) is 0 Å². The monoisotopic (exact) mass is 342 g/mol. The largest absolute Gasteiger partial charge is 0.389 e. The van der Waals surface area contributed by atoms with Crippen molar-refractivity contribution in [1.29, 1.82) is 0 Å². The molecule has 6 nitrogen and oxygen atoms in total. The Morgan fingerprint density at radius 1 is 1.35 bits per heavy atom. The molecule has 23 heavy (non-hydrogen) atoms. The van der Waals surface area contributed by atoms with E-state index in [1.165, 1.54) is 23.6 Å². The molecule has 0 aliphatic rings. The molecule has 1 N–H and O–H groups in total. The number of aryl methyl sites for hydroxylation is 1. The fourth-order valence-corrected chi connectivity index (χ4v) is 2.62. The van der Waals surface area contributed by atoms with Gasteiger partial charge in [-0.1, -0.05) is 11.3 Å². The van der Waals surface area contributed by atoms with Crippen LogP contribution in [0.1, 0.15) is 30.8 Å². The molecule has 3 aromatic heterocycles. The minimum absolute atomic E-state index is 0.167. The van der Waals surface area contributed by atoms with Gasteiger partial charge in [0, 0.05) is 18.3 Å². The number of fused-ring (bicyclic) bond motifs is 1. The van der Waals surface area contributed by atoms with Crippen molar-refractivity contribution in [2.24, 2.45) is 0 Å². The fourth-order valence-electron chi connectivity index (χ4n) is 2.01. The van der Waals surface area contributed by atoms with E-state index in [1.807, 2.05) is 6.92 Å². The van der Waals surface area contributed by atoms with Crippen molar-refractivity contribution in [3.05, 3.63) is 35.4 Å². The molecule has 10 heteroatoms. The van der Waals surface area contributed by atoms with E-state index in [9.17, 15) is 13.2 Å². The SMILES string of the molecule is CC(Nc1nccc(CCC(F)(F)F)n1)c1cn2ncsc2n1. The molecule has 122 valence electrons. The van der Waals surface area contributed by atoms with Crippen molar-refractivity contribution in [3.63, 3.8) is 0 Å². The zero-order valence-corrected chi connectivity index (χ0v) is 12.9. The lowest BCUT2D eigenvalue weighted by molar-refractivity contribution is -0.134. The molecule has 0 aliphatic carbocycles. The van der Waals surface area contributed by atoms with Crippen molar-refractivity contribution in [3.8, 4) is 0 Å². The first-order valence-electron chi connectivity index (χ1n) is 6.85. The number of rotatable bonds is 5. The third kappa shape index (κ3) is 3.95. The standard InChI is InChI=1S/C13H13F3N6S/c1-8(10-6-22-12(21-10)23-7-18-22)19-11-17-5-3-9(20-11)2-4-13(14,15)16/h3,5-8H,2,4H2,1H3,(H,17,19,20). The second-order valence-electron chi connectivity index (χ2n) is 4.98. The summed E-state index contributed by atoms with van der Waals surface area (Å²) in [5.74, 6) is 0.279. The molecule has 0 aromatic carbocycles. The highest BCUT2D eigenvalue weighted by molar-refractivity contribution is 7.14. The molecule has 0 spiro atoms. The Morgan fingerprint density at radius 3 is 2.91 bits per heavy atom. The molecular weight excluding hydrogens is 329 g/mol. The van der Waals surface area contributed by atoms with E-state index in [4.69, 9.17) is 0 Å². The van der Waals surface area contributed by atoms with E-state index in [1.54, 1.807) is 16.2 Å². The number of aromatic nitrogens is 5. The smallest absolute Gasteiger partial charge is 0.346 e. The van der Waals surface area contributed by atoms with Crippen LogP contribution in [0.5, 0.6) is 0 Å². The summed E-state index contributed by atoms with van der Waals surface area (Å²) in [6.07, 6.45) is -2.03. The summed E-state index contributed by atoms with van der Waals surface area (Å²) in [7, 11) is 0. The van der Waals surface area contributed by atoms with E-state index >= 15 is 0 Å².